The van der Waals surface area contributed by atoms with E-state index in [1.165, 1.54) is 0 Å². The van der Waals surface area contributed by atoms with Crippen LogP contribution in [0.2, 0.25) is 0 Å². The number of nitrogens with one attached hydrogen (secondary N) is 2. The number of benzene rings is 3. The number of amides is 2. The van der Waals surface area contributed by atoms with Crippen LogP contribution in [0.25, 0.3) is 0 Å². The van der Waals surface area contributed by atoms with E-state index in [9.17, 15) is 9.59 Å². The molecule has 1 aliphatic rings. The minimum absolute atomic E-state index is 0.172. The van der Waals surface area contributed by atoms with Gasteiger partial charge in [-0.2, -0.15) is 0 Å². The molecule has 3 aromatic carbocycles. The SMILES string of the molecule is COc1ccc(OC)c(CN(CC(=O)Nc2ccccc2C(=O)Nc2ccccc2)C2CC2)c1. The number of hydrogen-bond donors (Lipinski definition) is 2. The zero-order chi connectivity index (χ0) is 23.9. The Balaban J connectivity index is 1.45. The highest BCUT2D eigenvalue weighted by Gasteiger charge is 2.31. The summed E-state index contributed by atoms with van der Waals surface area (Å²) in [5, 5.41) is 5.80. The summed E-state index contributed by atoms with van der Waals surface area (Å²) in [6, 6.07) is 22.3. The smallest absolute Gasteiger partial charge is 0.257 e. The lowest BCUT2D eigenvalue weighted by Gasteiger charge is -2.23. The summed E-state index contributed by atoms with van der Waals surface area (Å²) in [6.07, 6.45) is 2.10. The van der Waals surface area contributed by atoms with Crippen molar-refractivity contribution in [2.45, 2.75) is 25.4 Å². The Morgan fingerprint density at radius 3 is 2.35 bits per heavy atom. The normalized spacial score (nSPS) is 12.8. The van der Waals surface area contributed by atoms with Crippen LogP contribution in [-0.2, 0) is 11.3 Å². The van der Waals surface area contributed by atoms with Gasteiger partial charge in [-0.15, -0.1) is 0 Å². The Kier molecular flexibility index (Phi) is 7.44. The van der Waals surface area contributed by atoms with Crippen LogP contribution in [0, 0.1) is 0 Å². The van der Waals surface area contributed by atoms with Gasteiger partial charge in [0.05, 0.1) is 32.0 Å². The summed E-state index contributed by atoms with van der Waals surface area (Å²) in [4.78, 5) is 28.0. The van der Waals surface area contributed by atoms with Crippen LogP contribution in [0.1, 0.15) is 28.8 Å². The molecule has 0 aliphatic heterocycles. The van der Waals surface area contributed by atoms with Crippen molar-refractivity contribution < 1.29 is 19.1 Å². The number of methoxy groups -OCH3 is 2. The number of rotatable bonds is 10. The third kappa shape index (κ3) is 5.94. The third-order valence-electron chi connectivity index (χ3n) is 5.75. The summed E-state index contributed by atoms with van der Waals surface area (Å²) in [7, 11) is 3.26. The lowest BCUT2D eigenvalue weighted by Crippen LogP contribution is -2.35. The molecule has 0 bridgehead atoms. The summed E-state index contributed by atoms with van der Waals surface area (Å²) < 4.78 is 10.9. The van der Waals surface area contributed by atoms with Crippen molar-refractivity contribution >= 4 is 23.2 Å². The first kappa shape index (κ1) is 23.3. The summed E-state index contributed by atoms with van der Waals surface area (Å²) in [5.74, 6) is 1.06. The molecule has 34 heavy (non-hydrogen) atoms. The van der Waals surface area contributed by atoms with Crippen molar-refractivity contribution in [2.24, 2.45) is 0 Å². The van der Waals surface area contributed by atoms with Crippen LogP contribution in [-0.4, -0.2) is 43.5 Å². The molecule has 3 aromatic rings. The number of carbonyl (C=O) groups is 2. The van der Waals surface area contributed by atoms with Gasteiger partial charge in [-0.1, -0.05) is 30.3 Å². The molecule has 0 radical (unpaired) electrons. The average Bonchev–Trinajstić information content (AvgIpc) is 3.70. The second-order valence-corrected chi connectivity index (χ2v) is 8.23. The minimum Gasteiger partial charge on any atom is -0.497 e. The predicted octanol–water partition coefficient (Wildman–Crippen LogP) is 4.56. The average molecular weight is 460 g/mol. The molecule has 1 fully saturated rings. The Morgan fingerprint density at radius 2 is 1.65 bits per heavy atom. The molecule has 0 aromatic heterocycles. The Hall–Kier alpha value is -3.84. The molecule has 176 valence electrons. The molecule has 7 nitrogen and oxygen atoms in total. The van der Waals surface area contributed by atoms with Crippen LogP contribution >= 0.6 is 0 Å². The zero-order valence-electron chi connectivity index (χ0n) is 19.4. The molecule has 1 saturated carbocycles. The number of carbonyl (C=O) groups excluding carboxylic acids is 2. The van der Waals surface area contributed by atoms with Crippen LogP contribution in [0.3, 0.4) is 0 Å². The summed E-state index contributed by atoms with van der Waals surface area (Å²) >= 11 is 0. The van der Waals surface area contributed by atoms with Gasteiger partial charge in [-0.05, 0) is 55.3 Å². The van der Waals surface area contributed by atoms with Crippen LogP contribution in [0.15, 0.2) is 72.8 Å². The van der Waals surface area contributed by atoms with E-state index in [1.807, 2.05) is 48.5 Å². The molecule has 2 amide bonds. The minimum atomic E-state index is -0.276. The van der Waals surface area contributed by atoms with E-state index in [4.69, 9.17) is 9.47 Å². The molecule has 1 aliphatic carbocycles. The first-order valence-corrected chi connectivity index (χ1v) is 11.3. The molecule has 0 saturated heterocycles. The lowest BCUT2D eigenvalue weighted by molar-refractivity contribution is -0.117. The molecule has 4 rings (SSSR count). The Morgan fingerprint density at radius 1 is 0.912 bits per heavy atom. The molecule has 7 heteroatoms. The number of ether oxygens (including phenoxy) is 2. The van der Waals surface area contributed by atoms with E-state index in [0.29, 0.717) is 29.5 Å². The standard InChI is InChI=1S/C27H29N3O4/c1-33-22-14-15-25(34-2)19(16-22)17-30(21-12-13-21)18-26(31)29-24-11-7-6-10-23(24)27(32)28-20-8-4-3-5-9-20/h3-11,14-16,21H,12-13,17-18H2,1-2H3,(H,28,32)(H,29,31). The zero-order valence-corrected chi connectivity index (χ0v) is 19.4. The first-order valence-electron chi connectivity index (χ1n) is 11.3. The quantitative estimate of drug-likeness (QED) is 0.465. The van der Waals surface area contributed by atoms with E-state index in [2.05, 4.69) is 15.5 Å². The van der Waals surface area contributed by atoms with E-state index in [0.717, 1.165) is 29.9 Å². The lowest BCUT2D eigenvalue weighted by atomic mass is 10.1. The number of para-hydroxylation sites is 2. The molecule has 0 unspecified atom stereocenters. The van der Waals surface area contributed by atoms with Gasteiger partial charge in [0.15, 0.2) is 0 Å². The van der Waals surface area contributed by atoms with Crippen LogP contribution in [0.4, 0.5) is 11.4 Å². The fourth-order valence-corrected chi connectivity index (χ4v) is 3.86. The van der Waals surface area contributed by atoms with Gasteiger partial charge < -0.3 is 20.1 Å². The number of hydrogen-bond acceptors (Lipinski definition) is 5. The van der Waals surface area contributed by atoms with Crippen LogP contribution in [0.5, 0.6) is 11.5 Å². The van der Waals surface area contributed by atoms with Crippen LogP contribution < -0.4 is 20.1 Å². The van der Waals surface area contributed by atoms with Crippen molar-refractivity contribution in [1.29, 1.82) is 0 Å². The van der Waals surface area contributed by atoms with E-state index >= 15 is 0 Å². The predicted molar refractivity (Wildman–Crippen MR) is 132 cm³/mol. The molecule has 0 atom stereocenters. The summed E-state index contributed by atoms with van der Waals surface area (Å²) in [5.41, 5.74) is 2.55. The first-order chi connectivity index (χ1) is 16.6. The van der Waals surface area contributed by atoms with E-state index in [-0.39, 0.29) is 18.4 Å². The Bertz CT molecular complexity index is 1150. The van der Waals surface area contributed by atoms with Crippen molar-refractivity contribution in [3.8, 4) is 11.5 Å². The third-order valence-corrected chi connectivity index (χ3v) is 5.75. The maximum Gasteiger partial charge on any atom is 0.257 e. The molecular weight excluding hydrogens is 430 g/mol. The van der Waals surface area contributed by atoms with Crippen molar-refractivity contribution in [3.05, 3.63) is 83.9 Å². The second kappa shape index (κ2) is 10.9. The van der Waals surface area contributed by atoms with E-state index < -0.39 is 0 Å². The fourth-order valence-electron chi connectivity index (χ4n) is 3.86. The molecular formula is C27H29N3O4. The van der Waals surface area contributed by atoms with Crippen molar-refractivity contribution in [1.82, 2.24) is 4.90 Å². The highest BCUT2D eigenvalue weighted by atomic mass is 16.5. The van der Waals surface area contributed by atoms with Gasteiger partial charge in [0.1, 0.15) is 11.5 Å². The van der Waals surface area contributed by atoms with Gasteiger partial charge in [-0.3, -0.25) is 14.5 Å². The number of nitrogens with zero attached hydrogens (tertiary/aromatic N) is 1. The highest BCUT2D eigenvalue weighted by Crippen LogP contribution is 2.32. The maximum absolute atomic E-state index is 13.0. The Labute approximate surface area is 199 Å². The highest BCUT2D eigenvalue weighted by molar-refractivity contribution is 6.10. The molecule has 0 spiro atoms. The monoisotopic (exact) mass is 459 g/mol. The largest absolute Gasteiger partial charge is 0.497 e. The van der Waals surface area contributed by atoms with Crippen molar-refractivity contribution in [3.63, 3.8) is 0 Å². The topological polar surface area (TPSA) is 79.9 Å². The number of anilines is 2. The summed E-state index contributed by atoms with van der Waals surface area (Å²) in [6.45, 7) is 0.772. The van der Waals surface area contributed by atoms with Gasteiger partial charge in [-0.25, -0.2) is 0 Å². The van der Waals surface area contributed by atoms with E-state index in [1.54, 1.807) is 38.5 Å². The van der Waals surface area contributed by atoms with Gasteiger partial charge in [0.25, 0.3) is 5.91 Å². The fraction of sp³-hybridized carbons (Fsp3) is 0.259. The maximum atomic E-state index is 13.0. The second-order valence-electron chi connectivity index (χ2n) is 8.23. The molecule has 2 N–H and O–H groups in total. The van der Waals surface area contributed by atoms with Crippen molar-refractivity contribution in [2.75, 3.05) is 31.4 Å². The van der Waals surface area contributed by atoms with Gasteiger partial charge in [0, 0.05) is 23.8 Å². The van der Waals surface area contributed by atoms with Gasteiger partial charge >= 0.3 is 0 Å². The molecule has 0 heterocycles. The van der Waals surface area contributed by atoms with Gasteiger partial charge in [0.2, 0.25) is 5.91 Å².